The molecule has 3 N–H and O–H groups in total. The topological polar surface area (TPSA) is 95.2 Å². The third kappa shape index (κ3) is 3.76. The van der Waals surface area contributed by atoms with Crippen molar-refractivity contribution in [2.24, 2.45) is 5.84 Å². The van der Waals surface area contributed by atoms with Crippen LogP contribution in [0.5, 0.6) is 17.8 Å². The molecule has 0 atom stereocenters. The van der Waals surface area contributed by atoms with Crippen molar-refractivity contribution in [3.8, 4) is 17.8 Å². The Morgan fingerprint density at radius 3 is 2.57 bits per heavy atom. The van der Waals surface area contributed by atoms with Gasteiger partial charge in [-0.3, -0.25) is 5.43 Å². The number of aryl methyl sites for hydroxylation is 1. The van der Waals surface area contributed by atoms with Crippen LogP contribution in [0.2, 0.25) is 0 Å². The molecule has 1 aromatic carbocycles. The Balaban J connectivity index is 2.32. The van der Waals surface area contributed by atoms with Crippen molar-refractivity contribution in [2.75, 3.05) is 5.43 Å². The molecular formula is C13H16FN5O2. The van der Waals surface area contributed by atoms with Crippen LogP contribution in [0.3, 0.4) is 0 Å². The van der Waals surface area contributed by atoms with Crippen molar-refractivity contribution in [3.05, 3.63) is 29.6 Å². The van der Waals surface area contributed by atoms with Gasteiger partial charge in [0.25, 0.3) is 0 Å². The molecule has 7 nitrogen and oxygen atoms in total. The van der Waals surface area contributed by atoms with E-state index in [9.17, 15) is 4.39 Å². The van der Waals surface area contributed by atoms with Gasteiger partial charge in [0, 0.05) is 0 Å². The Hall–Kier alpha value is -2.48. The molecule has 21 heavy (non-hydrogen) atoms. The molecule has 0 spiro atoms. The summed E-state index contributed by atoms with van der Waals surface area (Å²) in [5, 5.41) is 0. The van der Waals surface area contributed by atoms with Crippen LogP contribution < -0.4 is 20.7 Å². The maximum atomic E-state index is 13.9. The Morgan fingerprint density at radius 2 is 1.90 bits per heavy atom. The highest BCUT2D eigenvalue weighted by Crippen LogP contribution is 2.25. The maximum absolute atomic E-state index is 13.9. The molecular weight excluding hydrogens is 277 g/mol. The number of hydrogen-bond acceptors (Lipinski definition) is 7. The minimum absolute atomic E-state index is 0.0136. The number of nitrogen functional groups attached to an aromatic ring is 1. The Morgan fingerprint density at radius 1 is 1.19 bits per heavy atom. The Bertz CT molecular complexity index is 636. The van der Waals surface area contributed by atoms with E-state index in [0.717, 1.165) is 0 Å². The number of hydrazine groups is 1. The molecule has 0 aliphatic rings. The molecule has 0 unspecified atom stereocenters. The molecule has 0 aliphatic carbocycles. The van der Waals surface area contributed by atoms with Gasteiger partial charge in [-0.05, 0) is 32.4 Å². The van der Waals surface area contributed by atoms with E-state index >= 15 is 0 Å². The molecule has 0 aliphatic heterocycles. The van der Waals surface area contributed by atoms with Crippen molar-refractivity contribution in [1.82, 2.24) is 15.0 Å². The molecule has 0 saturated carbocycles. The summed E-state index contributed by atoms with van der Waals surface area (Å²) >= 11 is 0. The first kappa shape index (κ1) is 14.9. The molecule has 8 heteroatoms. The largest absolute Gasteiger partial charge is 0.461 e. The molecule has 1 heterocycles. The van der Waals surface area contributed by atoms with E-state index in [0.29, 0.717) is 5.56 Å². The first-order valence-electron chi connectivity index (χ1n) is 6.32. The van der Waals surface area contributed by atoms with Crippen LogP contribution in [0, 0.1) is 12.7 Å². The fraction of sp³-hybridized carbons (Fsp3) is 0.308. The average molecular weight is 293 g/mol. The van der Waals surface area contributed by atoms with Crippen molar-refractivity contribution >= 4 is 5.95 Å². The van der Waals surface area contributed by atoms with Gasteiger partial charge in [0.1, 0.15) is 0 Å². The number of nitrogens with one attached hydrogen (secondary N) is 1. The average Bonchev–Trinajstić information content (AvgIpc) is 2.43. The van der Waals surface area contributed by atoms with Gasteiger partial charge in [-0.2, -0.15) is 9.97 Å². The molecule has 0 radical (unpaired) electrons. The molecule has 1 aromatic heterocycles. The van der Waals surface area contributed by atoms with E-state index in [4.69, 9.17) is 15.3 Å². The fourth-order valence-corrected chi connectivity index (χ4v) is 1.51. The van der Waals surface area contributed by atoms with Crippen molar-refractivity contribution in [3.63, 3.8) is 0 Å². The molecule has 112 valence electrons. The minimum Gasteiger partial charge on any atom is -0.461 e. The van der Waals surface area contributed by atoms with Crippen LogP contribution in [0.25, 0.3) is 0 Å². The quantitative estimate of drug-likeness (QED) is 0.644. The highest BCUT2D eigenvalue weighted by atomic mass is 19.1. The number of rotatable bonds is 5. The fourth-order valence-electron chi connectivity index (χ4n) is 1.51. The Kier molecular flexibility index (Phi) is 4.49. The van der Waals surface area contributed by atoms with Gasteiger partial charge in [0.2, 0.25) is 5.95 Å². The van der Waals surface area contributed by atoms with Crippen molar-refractivity contribution < 1.29 is 13.9 Å². The summed E-state index contributed by atoms with van der Waals surface area (Å²) in [5.41, 5.74) is 2.73. The SMILES string of the molecule is Cc1cccc(Oc2nc(NN)nc(OC(C)C)n2)c1F. The predicted molar refractivity (Wildman–Crippen MR) is 74.6 cm³/mol. The number of benzene rings is 1. The molecule has 2 rings (SSSR count). The first-order valence-corrected chi connectivity index (χ1v) is 6.32. The zero-order valence-corrected chi connectivity index (χ0v) is 11.9. The van der Waals surface area contributed by atoms with E-state index < -0.39 is 5.82 Å². The standard InChI is InChI=1S/C13H16FN5O2/c1-7(2)20-12-16-11(19-15)17-13(18-12)21-9-6-4-5-8(3)10(9)14/h4-7H,15H2,1-3H3,(H,16,17,18,19). The second kappa shape index (κ2) is 6.31. The predicted octanol–water partition coefficient (Wildman–Crippen LogP) is 2.18. The Labute approximate surface area is 121 Å². The highest BCUT2D eigenvalue weighted by Gasteiger charge is 2.13. The molecule has 0 fully saturated rings. The lowest BCUT2D eigenvalue weighted by atomic mass is 10.2. The number of aromatic nitrogens is 3. The van der Waals surface area contributed by atoms with Crippen LogP contribution in [-0.4, -0.2) is 21.1 Å². The normalized spacial score (nSPS) is 10.6. The van der Waals surface area contributed by atoms with Crippen LogP contribution in [0.1, 0.15) is 19.4 Å². The van der Waals surface area contributed by atoms with Crippen molar-refractivity contribution in [1.29, 1.82) is 0 Å². The third-order valence-corrected chi connectivity index (χ3v) is 2.42. The number of anilines is 1. The maximum Gasteiger partial charge on any atom is 0.330 e. The lowest BCUT2D eigenvalue weighted by Crippen LogP contribution is -2.15. The summed E-state index contributed by atoms with van der Waals surface area (Å²) in [6.07, 6.45) is -0.137. The van der Waals surface area contributed by atoms with Gasteiger partial charge < -0.3 is 9.47 Å². The highest BCUT2D eigenvalue weighted by molar-refractivity contribution is 5.33. The summed E-state index contributed by atoms with van der Waals surface area (Å²) in [6, 6.07) is 4.71. The first-order chi connectivity index (χ1) is 9.99. The lowest BCUT2D eigenvalue weighted by molar-refractivity contribution is 0.218. The third-order valence-electron chi connectivity index (χ3n) is 2.42. The summed E-state index contributed by atoms with van der Waals surface area (Å²) in [7, 11) is 0. The van der Waals surface area contributed by atoms with Crippen LogP contribution in [0.4, 0.5) is 10.3 Å². The van der Waals surface area contributed by atoms with Crippen molar-refractivity contribution in [2.45, 2.75) is 26.9 Å². The molecule has 2 aromatic rings. The van der Waals surface area contributed by atoms with Gasteiger partial charge >= 0.3 is 12.0 Å². The van der Waals surface area contributed by atoms with E-state index in [2.05, 4.69) is 20.4 Å². The smallest absolute Gasteiger partial charge is 0.330 e. The summed E-state index contributed by atoms with van der Waals surface area (Å²) in [6.45, 7) is 5.27. The zero-order valence-electron chi connectivity index (χ0n) is 11.9. The summed E-state index contributed by atoms with van der Waals surface area (Å²) < 4.78 is 24.6. The second-order valence-corrected chi connectivity index (χ2v) is 4.52. The van der Waals surface area contributed by atoms with Gasteiger partial charge in [0.05, 0.1) is 6.10 Å². The van der Waals surface area contributed by atoms with Crippen LogP contribution >= 0.6 is 0 Å². The summed E-state index contributed by atoms with van der Waals surface area (Å²) in [4.78, 5) is 11.8. The number of halogens is 1. The molecule has 0 bridgehead atoms. The van der Waals surface area contributed by atoms with Gasteiger partial charge in [-0.15, -0.1) is 4.98 Å². The van der Waals surface area contributed by atoms with E-state index in [1.165, 1.54) is 6.07 Å². The van der Waals surface area contributed by atoms with E-state index in [-0.39, 0.29) is 29.8 Å². The van der Waals surface area contributed by atoms with Gasteiger partial charge in [-0.1, -0.05) is 12.1 Å². The minimum atomic E-state index is -0.480. The number of ether oxygens (including phenoxy) is 2. The number of hydrogen-bond donors (Lipinski definition) is 2. The van der Waals surface area contributed by atoms with Gasteiger partial charge in [-0.25, -0.2) is 10.2 Å². The van der Waals surface area contributed by atoms with Gasteiger partial charge in [0.15, 0.2) is 11.6 Å². The molecule has 0 amide bonds. The molecule has 0 saturated heterocycles. The second-order valence-electron chi connectivity index (χ2n) is 4.52. The monoisotopic (exact) mass is 293 g/mol. The van der Waals surface area contributed by atoms with E-state index in [1.807, 2.05) is 13.8 Å². The lowest BCUT2D eigenvalue weighted by Gasteiger charge is -2.11. The van der Waals surface area contributed by atoms with Crippen LogP contribution in [0.15, 0.2) is 18.2 Å². The van der Waals surface area contributed by atoms with Crippen LogP contribution in [-0.2, 0) is 0 Å². The van der Waals surface area contributed by atoms with E-state index in [1.54, 1.807) is 19.1 Å². The summed E-state index contributed by atoms with van der Waals surface area (Å²) in [5.74, 6) is 4.87. The number of nitrogens with zero attached hydrogens (tertiary/aromatic N) is 3. The zero-order chi connectivity index (χ0) is 15.4. The number of nitrogens with two attached hydrogens (primary N) is 1.